The van der Waals surface area contributed by atoms with E-state index in [1.165, 1.54) is 30.5 Å². The van der Waals surface area contributed by atoms with Crippen molar-refractivity contribution in [3.63, 3.8) is 0 Å². The third-order valence-electron chi connectivity index (χ3n) is 3.17. The average molecular weight is 376 g/mol. The quantitative estimate of drug-likeness (QED) is 0.532. The van der Waals surface area contributed by atoms with Gasteiger partial charge in [-0.2, -0.15) is 0 Å². The lowest BCUT2D eigenvalue weighted by Crippen LogP contribution is -2.43. The molecular formula is C18H20N2O7. The summed E-state index contributed by atoms with van der Waals surface area (Å²) < 4.78 is 20.7. The number of carbonyl (C=O) groups is 3. The Kier molecular flexibility index (Phi) is 7.24. The van der Waals surface area contributed by atoms with Crippen LogP contribution in [-0.4, -0.2) is 37.6 Å². The average Bonchev–Trinajstić information content (AvgIpc) is 3.20. The molecule has 2 amide bonds. The highest BCUT2D eigenvalue weighted by atomic mass is 16.5. The van der Waals surface area contributed by atoms with E-state index in [0.29, 0.717) is 24.7 Å². The molecule has 9 nitrogen and oxygen atoms in total. The molecule has 0 aliphatic heterocycles. The molecule has 0 spiro atoms. The minimum absolute atomic E-state index is 0.0325. The van der Waals surface area contributed by atoms with Gasteiger partial charge in [-0.25, -0.2) is 4.79 Å². The standard InChI is InChI=1S/C18H20N2O7/c1-3-24-13-8-7-12(10-15(13)25-4-2)18(23)27-11-16(21)19-20-17(22)14-6-5-9-26-14/h5-10H,3-4,11H2,1-2H3,(H,19,21)(H,20,22). The largest absolute Gasteiger partial charge is 0.490 e. The van der Waals surface area contributed by atoms with Crippen LogP contribution in [0.15, 0.2) is 41.0 Å². The van der Waals surface area contributed by atoms with Crippen LogP contribution < -0.4 is 20.3 Å². The van der Waals surface area contributed by atoms with Gasteiger partial charge in [0.25, 0.3) is 5.91 Å². The van der Waals surface area contributed by atoms with E-state index in [9.17, 15) is 14.4 Å². The zero-order valence-electron chi connectivity index (χ0n) is 14.9. The van der Waals surface area contributed by atoms with Crippen molar-refractivity contribution < 1.29 is 33.0 Å². The molecule has 9 heteroatoms. The Bertz CT molecular complexity index is 787. The van der Waals surface area contributed by atoms with Crippen LogP contribution in [0.5, 0.6) is 11.5 Å². The summed E-state index contributed by atoms with van der Waals surface area (Å²) in [6.45, 7) is 3.92. The zero-order chi connectivity index (χ0) is 19.6. The molecule has 1 heterocycles. The summed E-state index contributed by atoms with van der Waals surface area (Å²) in [6.07, 6.45) is 1.33. The van der Waals surface area contributed by atoms with E-state index in [0.717, 1.165) is 0 Å². The van der Waals surface area contributed by atoms with Crippen molar-refractivity contribution >= 4 is 17.8 Å². The summed E-state index contributed by atoms with van der Waals surface area (Å²) in [7, 11) is 0. The highest BCUT2D eigenvalue weighted by molar-refractivity contribution is 5.94. The normalized spacial score (nSPS) is 10.0. The van der Waals surface area contributed by atoms with Gasteiger partial charge in [0, 0.05) is 0 Å². The lowest BCUT2D eigenvalue weighted by molar-refractivity contribution is -0.125. The van der Waals surface area contributed by atoms with Gasteiger partial charge in [0.05, 0.1) is 25.0 Å². The topological polar surface area (TPSA) is 116 Å². The van der Waals surface area contributed by atoms with Crippen molar-refractivity contribution in [2.75, 3.05) is 19.8 Å². The van der Waals surface area contributed by atoms with Crippen LogP contribution in [0, 0.1) is 0 Å². The van der Waals surface area contributed by atoms with Crippen LogP contribution in [0.1, 0.15) is 34.8 Å². The highest BCUT2D eigenvalue weighted by Crippen LogP contribution is 2.28. The summed E-state index contributed by atoms with van der Waals surface area (Å²) in [6, 6.07) is 7.55. The van der Waals surface area contributed by atoms with E-state index in [-0.39, 0.29) is 11.3 Å². The molecule has 0 aliphatic carbocycles. The fourth-order valence-electron chi connectivity index (χ4n) is 2.02. The zero-order valence-corrected chi connectivity index (χ0v) is 14.9. The number of rotatable bonds is 8. The fraction of sp³-hybridized carbons (Fsp3) is 0.278. The Balaban J connectivity index is 1.86. The Morgan fingerprint density at radius 3 is 2.41 bits per heavy atom. The van der Waals surface area contributed by atoms with Crippen molar-refractivity contribution in [1.82, 2.24) is 10.9 Å². The second-order valence-electron chi connectivity index (χ2n) is 5.08. The minimum atomic E-state index is -0.716. The third-order valence-corrected chi connectivity index (χ3v) is 3.17. The lowest BCUT2D eigenvalue weighted by Gasteiger charge is -2.12. The first-order valence-electron chi connectivity index (χ1n) is 8.24. The second kappa shape index (κ2) is 9.85. The van der Waals surface area contributed by atoms with Crippen molar-refractivity contribution in [2.45, 2.75) is 13.8 Å². The molecule has 0 fully saturated rings. The van der Waals surface area contributed by atoms with Gasteiger partial charge in [-0.15, -0.1) is 0 Å². The molecule has 2 N–H and O–H groups in total. The first-order chi connectivity index (χ1) is 13.0. The summed E-state index contributed by atoms with van der Waals surface area (Å²) in [4.78, 5) is 35.4. The first kappa shape index (κ1) is 19.8. The molecule has 0 atom stereocenters. The predicted molar refractivity (Wildman–Crippen MR) is 93.4 cm³/mol. The number of amides is 2. The molecule has 1 aromatic carbocycles. The van der Waals surface area contributed by atoms with Crippen LogP contribution >= 0.6 is 0 Å². The molecule has 27 heavy (non-hydrogen) atoms. The monoisotopic (exact) mass is 376 g/mol. The van der Waals surface area contributed by atoms with E-state index >= 15 is 0 Å². The molecule has 0 radical (unpaired) electrons. The Morgan fingerprint density at radius 2 is 1.74 bits per heavy atom. The minimum Gasteiger partial charge on any atom is -0.490 e. The molecular weight excluding hydrogens is 356 g/mol. The number of nitrogens with one attached hydrogen (secondary N) is 2. The van der Waals surface area contributed by atoms with Gasteiger partial charge in [-0.3, -0.25) is 20.4 Å². The van der Waals surface area contributed by atoms with Crippen molar-refractivity contribution in [3.05, 3.63) is 47.9 Å². The summed E-state index contributed by atoms with van der Waals surface area (Å²) >= 11 is 0. The number of carbonyl (C=O) groups excluding carboxylic acids is 3. The van der Waals surface area contributed by atoms with Crippen LogP contribution in [0.3, 0.4) is 0 Å². The predicted octanol–water partition coefficient (Wildman–Crippen LogP) is 1.69. The maximum absolute atomic E-state index is 12.1. The van der Waals surface area contributed by atoms with Gasteiger partial charge in [-0.05, 0) is 44.2 Å². The fourth-order valence-corrected chi connectivity index (χ4v) is 2.02. The molecule has 144 valence electrons. The number of benzene rings is 1. The highest BCUT2D eigenvalue weighted by Gasteiger charge is 2.15. The second-order valence-corrected chi connectivity index (χ2v) is 5.08. The van der Waals surface area contributed by atoms with E-state index < -0.39 is 24.4 Å². The SMILES string of the molecule is CCOc1ccc(C(=O)OCC(=O)NNC(=O)c2ccco2)cc1OCC. The third kappa shape index (κ3) is 5.77. The van der Waals surface area contributed by atoms with Gasteiger partial charge in [0.1, 0.15) is 0 Å². The van der Waals surface area contributed by atoms with E-state index in [1.54, 1.807) is 6.07 Å². The van der Waals surface area contributed by atoms with Crippen LogP contribution in [-0.2, 0) is 9.53 Å². The van der Waals surface area contributed by atoms with Crippen LogP contribution in [0.2, 0.25) is 0 Å². The molecule has 2 rings (SSSR count). The van der Waals surface area contributed by atoms with E-state index in [2.05, 4.69) is 10.9 Å². The van der Waals surface area contributed by atoms with Crippen molar-refractivity contribution in [2.24, 2.45) is 0 Å². The van der Waals surface area contributed by atoms with Crippen LogP contribution in [0.25, 0.3) is 0 Å². The van der Waals surface area contributed by atoms with Crippen molar-refractivity contribution in [3.8, 4) is 11.5 Å². The molecule has 0 unspecified atom stereocenters. The van der Waals surface area contributed by atoms with E-state index in [1.807, 2.05) is 13.8 Å². The molecule has 0 saturated carbocycles. The summed E-state index contributed by atoms with van der Waals surface area (Å²) in [5, 5.41) is 0. The van der Waals surface area contributed by atoms with Gasteiger partial charge in [0.15, 0.2) is 23.9 Å². The maximum atomic E-state index is 12.1. The number of hydrazine groups is 1. The van der Waals surface area contributed by atoms with Gasteiger partial charge < -0.3 is 18.6 Å². The van der Waals surface area contributed by atoms with Crippen LogP contribution in [0.4, 0.5) is 0 Å². The van der Waals surface area contributed by atoms with Gasteiger partial charge in [0.2, 0.25) is 0 Å². The first-order valence-corrected chi connectivity index (χ1v) is 8.24. The number of ether oxygens (including phenoxy) is 3. The maximum Gasteiger partial charge on any atom is 0.338 e. The van der Waals surface area contributed by atoms with Gasteiger partial charge >= 0.3 is 11.9 Å². The molecule has 0 aliphatic rings. The number of hydrogen-bond acceptors (Lipinski definition) is 7. The molecule has 2 aromatic rings. The van der Waals surface area contributed by atoms with E-state index in [4.69, 9.17) is 18.6 Å². The molecule has 0 saturated heterocycles. The summed E-state index contributed by atoms with van der Waals surface area (Å²) in [5.74, 6) is -1.11. The number of furan rings is 1. The molecule has 1 aromatic heterocycles. The Labute approximate surface area is 155 Å². The lowest BCUT2D eigenvalue weighted by atomic mass is 10.2. The van der Waals surface area contributed by atoms with Crippen molar-refractivity contribution in [1.29, 1.82) is 0 Å². The number of hydrogen-bond donors (Lipinski definition) is 2. The summed E-state index contributed by atoms with van der Waals surface area (Å²) in [5.41, 5.74) is 4.45. The van der Waals surface area contributed by atoms with Gasteiger partial charge in [-0.1, -0.05) is 0 Å². The Morgan fingerprint density at radius 1 is 1.00 bits per heavy atom. The molecule has 0 bridgehead atoms. The smallest absolute Gasteiger partial charge is 0.338 e. The Hall–Kier alpha value is -3.49. The number of esters is 1.